The van der Waals surface area contributed by atoms with Gasteiger partial charge in [0.2, 0.25) is 15.9 Å². The monoisotopic (exact) mass is 434 g/mol. The van der Waals surface area contributed by atoms with Crippen molar-refractivity contribution in [2.75, 3.05) is 25.2 Å². The Morgan fingerprint density at radius 3 is 2.66 bits per heavy atom. The average Bonchev–Trinajstić information content (AvgIpc) is 2.74. The van der Waals surface area contributed by atoms with E-state index in [0.29, 0.717) is 18.7 Å². The third-order valence-corrected chi connectivity index (χ3v) is 7.71. The molecule has 1 amide bonds. The zero-order valence-electron chi connectivity index (χ0n) is 16.6. The van der Waals surface area contributed by atoms with E-state index in [2.05, 4.69) is 5.32 Å². The lowest BCUT2D eigenvalue weighted by molar-refractivity contribution is -0.117. The van der Waals surface area contributed by atoms with Crippen molar-refractivity contribution >= 4 is 33.4 Å². The summed E-state index contributed by atoms with van der Waals surface area (Å²) in [5.41, 5.74) is 0.724. The van der Waals surface area contributed by atoms with Gasteiger partial charge < -0.3 is 10.1 Å². The summed E-state index contributed by atoms with van der Waals surface area (Å²) in [6.45, 7) is 0.425. The molecule has 1 aliphatic heterocycles. The molecule has 2 aromatic rings. The number of ether oxygens (including phenoxy) is 1. The Morgan fingerprint density at radius 2 is 1.97 bits per heavy atom. The third kappa shape index (κ3) is 5.32. The molecule has 29 heavy (non-hydrogen) atoms. The van der Waals surface area contributed by atoms with E-state index in [9.17, 15) is 13.2 Å². The summed E-state index contributed by atoms with van der Waals surface area (Å²) >= 11 is 1.60. The van der Waals surface area contributed by atoms with Gasteiger partial charge in [-0.15, -0.1) is 11.8 Å². The fourth-order valence-corrected chi connectivity index (χ4v) is 5.66. The number of piperidine rings is 1. The van der Waals surface area contributed by atoms with Crippen molar-refractivity contribution in [3.05, 3.63) is 48.5 Å². The van der Waals surface area contributed by atoms with Crippen LogP contribution in [0.25, 0.3) is 0 Å². The Labute approximate surface area is 176 Å². The van der Waals surface area contributed by atoms with E-state index in [1.54, 1.807) is 36.0 Å². The number of thioether (sulfide) groups is 1. The first-order valence-electron chi connectivity index (χ1n) is 9.54. The second kappa shape index (κ2) is 9.65. The third-order valence-electron chi connectivity index (χ3n) is 5.01. The highest BCUT2D eigenvalue weighted by atomic mass is 32.2. The Hall–Kier alpha value is -2.03. The zero-order valence-corrected chi connectivity index (χ0v) is 18.3. The van der Waals surface area contributed by atoms with Gasteiger partial charge in [0.15, 0.2) is 0 Å². The molecule has 0 aliphatic carbocycles. The number of anilines is 1. The molecule has 1 aliphatic rings. The molecule has 8 heteroatoms. The van der Waals surface area contributed by atoms with E-state index in [0.717, 1.165) is 23.4 Å². The van der Waals surface area contributed by atoms with Crippen molar-refractivity contribution < 1.29 is 17.9 Å². The van der Waals surface area contributed by atoms with E-state index in [1.807, 2.05) is 30.5 Å². The number of amides is 1. The number of carbonyl (C=O) groups excluding carboxylic acids is 1. The molecular formula is C21H26N2O4S2. The van der Waals surface area contributed by atoms with E-state index in [1.165, 1.54) is 11.4 Å². The minimum atomic E-state index is -3.67. The van der Waals surface area contributed by atoms with Crippen molar-refractivity contribution in [2.24, 2.45) is 0 Å². The van der Waals surface area contributed by atoms with Crippen LogP contribution in [0, 0.1) is 0 Å². The summed E-state index contributed by atoms with van der Waals surface area (Å²) < 4.78 is 32.9. The quantitative estimate of drug-likeness (QED) is 0.667. The van der Waals surface area contributed by atoms with Crippen molar-refractivity contribution in [1.82, 2.24) is 4.31 Å². The van der Waals surface area contributed by atoms with Crippen LogP contribution in [-0.2, 0) is 14.8 Å². The largest absolute Gasteiger partial charge is 0.497 e. The summed E-state index contributed by atoms with van der Waals surface area (Å²) in [7, 11) is -2.13. The molecule has 1 saturated heterocycles. The molecule has 3 rings (SSSR count). The molecule has 0 saturated carbocycles. The van der Waals surface area contributed by atoms with Gasteiger partial charge in [0, 0.05) is 29.6 Å². The van der Waals surface area contributed by atoms with Crippen LogP contribution < -0.4 is 10.1 Å². The van der Waals surface area contributed by atoms with Crippen LogP contribution in [0.4, 0.5) is 5.69 Å². The molecule has 2 aromatic carbocycles. The van der Waals surface area contributed by atoms with E-state index in [-0.39, 0.29) is 23.3 Å². The Morgan fingerprint density at radius 1 is 1.21 bits per heavy atom. The topological polar surface area (TPSA) is 75.7 Å². The lowest BCUT2D eigenvalue weighted by atomic mass is 10.0. The highest BCUT2D eigenvalue weighted by Gasteiger charge is 2.34. The second-order valence-electron chi connectivity index (χ2n) is 6.93. The average molecular weight is 435 g/mol. The second-order valence-corrected chi connectivity index (χ2v) is 9.70. The summed E-state index contributed by atoms with van der Waals surface area (Å²) in [5.74, 6) is 0.427. The van der Waals surface area contributed by atoms with Crippen molar-refractivity contribution in [2.45, 2.75) is 41.5 Å². The molecular weight excluding hydrogens is 408 g/mol. The van der Waals surface area contributed by atoms with Gasteiger partial charge in [-0.3, -0.25) is 4.79 Å². The Balaban J connectivity index is 1.73. The first-order valence-corrected chi connectivity index (χ1v) is 12.2. The molecule has 6 nitrogen and oxygen atoms in total. The minimum absolute atomic E-state index is 0.138. The van der Waals surface area contributed by atoms with Gasteiger partial charge in [-0.25, -0.2) is 8.42 Å². The molecule has 0 radical (unpaired) electrons. The van der Waals surface area contributed by atoms with Crippen molar-refractivity contribution in [3.8, 4) is 5.75 Å². The number of sulfonamides is 1. The van der Waals surface area contributed by atoms with Crippen LogP contribution in [0.1, 0.15) is 25.7 Å². The smallest absolute Gasteiger partial charge is 0.243 e. The van der Waals surface area contributed by atoms with Crippen molar-refractivity contribution in [1.29, 1.82) is 0 Å². The number of methoxy groups -OCH3 is 1. The van der Waals surface area contributed by atoms with Gasteiger partial charge in [0.1, 0.15) is 5.75 Å². The Kier molecular flexibility index (Phi) is 7.21. The fourth-order valence-electron chi connectivity index (χ4n) is 3.50. The van der Waals surface area contributed by atoms with Crippen LogP contribution in [0.3, 0.4) is 0 Å². The predicted octanol–water partition coefficient (Wildman–Crippen LogP) is 3.99. The van der Waals surface area contributed by atoms with Gasteiger partial charge in [0.25, 0.3) is 0 Å². The first-order chi connectivity index (χ1) is 13.9. The number of rotatable bonds is 7. The molecule has 0 spiro atoms. The highest BCUT2D eigenvalue weighted by molar-refractivity contribution is 7.98. The first kappa shape index (κ1) is 21.7. The normalized spacial score (nSPS) is 17.7. The van der Waals surface area contributed by atoms with Gasteiger partial charge in [-0.2, -0.15) is 4.31 Å². The van der Waals surface area contributed by atoms with E-state index in [4.69, 9.17) is 4.74 Å². The molecule has 1 N–H and O–H groups in total. The number of carbonyl (C=O) groups is 1. The SMILES string of the molecule is COc1ccc(S(=O)(=O)N2CCCC[C@H]2CC(=O)Nc2cccc(SC)c2)cc1. The van der Waals surface area contributed by atoms with E-state index >= 15 is 0 Å². The molecule has 0 unspecified atom stereocenters. The summed E-state index contributed by atoms with van der Waals surface area (Å²) in [6, 6.07) is 13.6. The molecule has 156 valence electrons. The van der Waals surface area contributed by atoms with Crippen LogP contribution in [0.2, 0.25) is 0 Å². The number of hydrogen-bond donors (Lipinski definition) is 1. The molecule has 0 bridgehead atoms. The summed E-state index contributed by atoms with van der Waals surface area (Å²) in [6.07, 6.45) is 4.50. The van der Waals surface area contributed by atoms with Crippen LogP contribution in [0.5, 0.6) is 5.75 Å². The lowest BCUT2D eigenvalue weighted by Gasteiger charge is -2.34. The van der Waals surface area contributed by atoms with Crippen LogP contribution in [-0.4, -0.2) is 44.6 Å². The minimum Gasteiger partial charge on any atom is -0.497 e. The maximum atomic E-state index is 13.2. The molecule has 1 heterocycles. The molecule has 0 aromatic heterocycles. The van der Waals surface area contributed by atoms with Gasteiger partial charge in [-0.1, -0.05) is 12.5 Å². The molecule has 1 atom stereocenters. The number of nitrogens with zero attached hydrogens (tertiary/aromatic N) is 1. The standard InChI is InChI=1S/C21H26N2O4S2/c1-27-18-9-11-20(12-10-18)29(25,26)23-13-4-3-7-17(23)15-21(24)22-16-6-5-8-19(14-16)28-2/h5-6,8-12,14,17H,3-4,7,13,15H2,1-2H3,(H,22,24)/t17-/m0/s1. The summed E-state index contributed by atoms with van der Waals surface area (Å²) in [5, 5.41) is 2.90. The Bertz CT molecular complexity index is 945. The molecule has 1 fully saturated rings. The summed E-state index contributed by atoms with van der Waals surface area (Å²) in [4.78, 5) is 13.9. The van der Waals surface area contributed by atoms with Gasteiger partial charge in [-0.05, 0) is 61.6 Å². The maximum Gasteiger partial charge on any atom is 0.243 e. The maximum absolute atomic E-state index is 13.2. The van der Waals surface area contributed by atoms with Crippen LogP contribution >= 0.6 is 11.8 Å². The van der Waals surface area contributed by atoms with Gasteiger partial charge in [0.05, 0.1) is 12.0 Å². The predicted molar refractivity (Wildman–Crippen MR) is 116 cm³/mol. The lowest BCUT2D eigenvalue weighted by Crippen LogP contribution is -2.45. The fraction of sp³-hybridized carbons (Fsp3) is 0.381. The van der Waals surface area contributed by atoms with Crippen LogP contribution in [0.15, 0.2) is 58.3 Å². The van der Waals surface area contributed by atoms with E-state index < -0.39 is 10.0 Å². The number of benzene rings is 2. The number of hydrogen-bond acceptors (Lipinski definition) is 5. The highest BCUT2D eigenvalue weighted by Crippen LogP contribution is 2.28. The zero-order chi connectivity index (χ0) is 20.9. The number of nitrogens with one attached hydrogen (secondary N) is 1. The van der Waals surface area contributed by atoms with Crippen molar-refractivity contribution in [3.63, 3.8) is 0 Å². The van der Waals surface area contributed by atoms with Gasteiger partial charge >= 0.3 is 0 Å².